The largest absolute Gasteiger partial charge is 0.494 e. The zero-order chi connectivity index (χ0) is 19.5. The second-order valence-corrected chi connectivity index (χ2v) is 17.3. The predicted octanol–water partition coefficient (Wildman–Crippen LogP) is 8.75. The Morgan fingerprint density at radius 1 is 0.889 bits per heavy atom. The molecule has 0 aromatic heterocycles. The lowest BCUT2D eigenvalue weighted by Gasteiger charge is -2.29. The predicted molar refractivity (Wildman–Crippen MR) is 123 cm³/mol. The second kappa shape index (κ2) is 12.6. The number of halogens is 3. The molecule has 0 unspecified atom stereocenters. The number of unbranched alkanes of at least 4 members (excludes halogenated alkanes) is 4. The van der Waals surface area contributed by atoms with Crippen molar-refractivity contribution in [3.8, 4) is 5.75 Å². The molecule has 0 bridgehead atoms. The van der Waals surface area contributed by atoms with E-state index in [1.165, 1.54) is 69.8 Å². The molecule has 1 fully saturated rings. The molecule has 1 aromatic carbocycles. The summed E-state index contributed by atoms with van der Waals surface area (Å²) in [5.74, 6) is 2.61. The van der Waals surface area contributed by atoms with Crippen LogP contribution < -0.4 is 4.74 Å². The highest BCUT2D eigenvalue weighted by atomic mass is 35.8. The van der Waals surface area contributed by atoms with Crippen molar-refractivity contribution in [1.29, 1.82) is 0 Å². The van der Waals surface area contributed by atoms with Gasteiger partial charge in [0.15, 0.2) is 0 Å². The molecule has 27 heavy (non-hydrogen) atoms. The van der Waals surface area contributed by atoms with Gasteiger partial charge in [-0.1, -0.05) is 57.6 Å². The minimum absolute atomic E-state index is 0.615. The number of benzene rings is 1. The summed E-state index contributed by atoms with van der Waals surface area (Å²) in [4.78, 5) is 0. The highest BCUT2D eigenvalue weighted by Crippen LogP contribution is 2.38. The first-order valence-corrected chi connectivity index (χ1v) is 16.0. The van der Waals surface area contributed by atoms with Gasteiger partial charge in [-0.2, -0.15) is 0 Å². The van der Waals surface area contributed by atoms with Gasteiger partial charge >= 0.3 is 6.00 Å². The normalized spacial score (nSPS) is 20.6. The van der Waals surface area contributed by atoms with Gasteiger partial charge < -0.3 is 4.74 Å². The highest BCUT2D eigenvalue weighted by molar-refractivity contribution is 7.64. The molecule has 154 valence electrons. The number of hydrogen-bond acceptors (Lipinski definition) is 1. The van der Waals surface area contributed by atoms with Crippen LogP contribution in [0.3, 0.4) is 0 Å². The third kappa shape index (κ3) is 9.92. The fourth-order valence-corrected chi connectivity index (χ4v) is 5.87. The van der Waals surface area contributed by atoms with Crippen molar-refractivity contribution in [3.05, 3.63) is 29.8 Å². The van der Waals surface area contributed by atoms with Gasteiger partial charge in [0.1, 0.15) is 5.75 Å². The molecule has 1 aliphatic rings. The summed E-state index contributed by atoms with van der Waals surface area (Å²) in [6, 6.07) is 6.83. The molecular formula is C22H35Cl3OSi. The van der Waals surface area contributed by atoms with Crippen LogP contribution in [0.5, 0.6) is 5.75 Å². The van der Waals surface area contributed by atoms with Crippen molar-refractivity contribution in [2.45, 2.75) is 89.5 Å². The molecule has 1 aliphatic carbocycles. The van der Waals surface area contributed by atoms with Gasteiger partial charge in [0.2, 0.25) is 0 Å². The third-order valence-electron chi connectivity index (χ3n) is 5.79. The quantitative estimate of drug-likeness (QED) is 0.176. The maximum Gasteiger partial charge on any atom is 0.341 e. The molecular weight excluding hydrogens is 415 g/mol. The minimum atomic E-state index is -2.51. The lowest BCUT2D eigenvalue weighted by atomic mass is 9.77. The lowest BCUT2D eigenvalue weighted by Crippen LogP contribution is -2.13. The summed E-state index contributed by atoms with van der Waals surface area (Å²) >= 11 is 17.7. The van der Waals surface area contributed by atoms with Gasteiger partial charge in [-0.3, -0.25) is 0 Å². The van der Waals surface area contributed by atoms with E-state index in [1.54, 1.807) is 0 Å². The van der Waals surface area contributed by atoms with Gasteiger partial charge in [0, 0.05) is 0 Å². The molecule has 5 heteroatoms. The average Bonchev–Trinajstić information content (AvgIpc) is 2.65. The number of rotatable bonds is 12. The zero-order valence-corrected chi connectivity index (χ0v) is 20.0. The van der Waals surface area contributed by atoms with Crippen LogP contribution >= 0.6 is 33.2 Å². The van der Waals surface area contributed by atoms with Gasteiger partial charge in [-0.25, -0.2) is 0 Å². The molecule has 1 nitrogen and oxygen atoms in total. The van der Waals surface area contributed by atoms with Crippen molar-refractivity contribution < 1.29 is 4.74 Å². The lowest BCUT2D eigenvalue weighted by molar-refractivity contribution is 0.301. The van der Waals surface area contributed by atoms with Crippen molar-refractivity contribution in [3.63, 3.8) is 0 Å². The van der Waals surface area contributed by atoms with E-state index in [-0.39, 0.29) is 0 Å². The first-order valence-electron chi connectivity index (χ1n) is 10.8. The summed E-state index contributed by atoms with van der Waals surface area (Å²) in [6.45, 7) is 2.90. The van der Waals surface area contributed by atoms with Crippen molar-refractivity contribution in [1.82, 2.24) is 0 Å². The van der Waals surface area contributed by atoms with Crippen LogP contribution in [0.25, 0.3) is 0 Å². The third-order valence-corrected chi connectivity index (χ3v) is 8.41. The van der Waals surface area contributed by atoms with Crippen LogP contribution in [0.4, 0.5) is 0 Å². The fraction of sp³-hybridized carbons (Fsp3) is 0.727. The van der Waals surface area contributed by atoms with Crippen molar-refractivity contribution in [2.24, 2.45) is 5.92 Å². The monoisotopic (exact) mass is 448 g/mol. The van der Waals surface area contributed by atoms with Crippen molar-refractivity contribution in [2.75, 3.05) is 6.61 Å². The summed E-state index contributed by atoms with van der Waals surface area (Å²) in [7, 11) is 0. The van der Waals surface area contributed by atoms with Gasteiger partial charge in [0.25, 0.3) is 0 Å². The Bertz CT molecular complexity index is 507. The molecule has 0 atom stereocenters. The Morgan fingerprint density at radius 3 is 2.19 bits per heavy atom. The van der Waals surface area contributed by atoms with Gasteiger partial charge in [0.05, 0.1) is 6.61 Å². The fourth-order valence-electron chi connectivity index (χ4n) is 4.12. The van der Waals surface area contributed by atoms with Crippen LogP contribution in [0.15, 0.2) is 24.3 Å². The molecule has 0 saturated heterocycles. The highest BCUT2D eigenvalue weighted by Gasteiger charge is 2.24. The molecule has 0 aliphatic heterocycles. The van der Waals surface area contributed by atoms with Crippen LogP contribution in [0, 0.1) is 5.92 Å². The zero-order valence-electron chi connectivity index (χ0n) is 16.7. The molecule has 0 N–H and O–H groups in total. The maximum absolute atomic E-state index is 5.89. The molecule has 1 aromatic rings. The summed E-state index contributed by atoms with van der Waals surface area (Å²) < 4.78 is 5.78. The van der Waals surface area contributed by atoms with Crippen LogP contribution in [0.1, 0.15) is 89.0 Å². The topological polar surface area (TPSA) is 9.23 Å². The molecule has 1 saturated carbocycles. The van der Waals surface area contributed by atoms with E-state index in [0.29, 0.717) is 12.7 Å². The van der Waals surface area contributed by atoms with E-state index >= 15 is 0 Å². The molecule has 0 heterocycles. The van der Waals surface area contributed by atoms with Crippen molar-refractivity contribution >= 4 is 39.2 Å². The minimum Gasteiger partial charge on any atom is -0.494 e. The first kappa shape index (κ1) is 23.4. The number of hydrogen-bond donors (Lipinski definition) is 0. The maximum atomic E-state index is 5.89. The number of ether oxygens (including phenoxy) is 1. The van der Waals surface area contributed by atoms with Gasteiger partial charge in [-0.15, -0.1) is 33.2 Å². The summed E-state index contributed by atoms with van der Waals surface area (Å²) in [5, 5.41) is 0. The smallest absolute Gasteiger partial charge is 0.341 e. The Kier molecular flexibility index (Phi) is 10.9. The second-order valence-electron chi connectivity index (χ2n) is 8.06. The average molecular weight is 450 g/mol. The summed E-state index contributed by atoms with van der Waals surface area (Å²) in [6.07, 6.45) is 14.8. The Balaban J connectivity index is 1.64. The van der Waals surface area contributed by atoms with Crippen LogP contribution in [0.2, 0.25) is 6.04 Å². The van der Waals surface area contributed by atoms with E-state index in [4.69, 9.17) is 38.0 Å². The van der Waals surface area contributed by atoms with E-state index in [0.717, 1.165) is 24.0 Å². The van der Waals surface area contributed by atoms with E-state index in [1.807, 2.05) is 0 Å². The summed E-state index contributed by atoms with van der Waals surface area (Å²) in [5.41, 5.74) is 1.47. The Morgan fingerprint density at radius 2 is 1.56 bits per heavy atom. The van der Waals surface area contributed by atoms with E-state index in [9.17, 15) is 0 Å². The Hall–Kier alpha value is 0.107. The molecule has 2 rings (SSSR count). The first-order chi connectivity index (χ1) is 13.0. The van der Waals surface area contributed by atoms with Gasteiger partial charge in [-0.05, 0) is 67.7 Å². The van der Waals surface area contributed by atoms with Crippen LogP contribution in [-0.2, 0) is 0 Å². The molecule has 0 spiro atoms. The molecule has 0 amide bonds. The SMILES string of the molecule is CCCCCCCC1CCC(c2ccc(OCCC[Si](Cl)(Cl)Cl)cc2)CC1. The molecule has 0 radical (unpaired) electrons. The van der Waals surface area contributed by atoms with Crippen LogP contribution in [-0.4, -0.2) is 12.6 Å². The van der Waals surface area contributed by atoms with E-state index < -0.39 is 6.00 Å². The standard InChI is InChI=1S/C22H35Cl3OSi/c1-2-3-4-5-6-8-19-9-11-20(12-10-19)21-13-15-22(16-14-21)26-17-7-18-27(23,24)25/h13-16,19-20H,2-12,17-18H2,1H3. The Labute approximate surface area is 181 Å². The van der Waals surface area contributed by atoms with E-state index in [2.05, 4.69) is 31.2 Å².